The van der Waals surface area contributed by atoms with E-state index in [9.17, 15) is 18.0 Å². The lowest BCUT2D eigenvalue weighted by Crippen LogP contribution is -2.44. The minimum absolute atomic E-state index is 0.0389. The Morgan fingerprint density at radius 2 is 2.25 bits per heavy atom. The first-order chi connectivity index (χ1) is 7.32. The molecule has 0 aliphatic carbocycles. The number of hydrogen-bond acceptors (Lipinski definition) is 3. The minimum Gasteiger partial charge on any atom is -0.382 e. The van der Waals surface area contributed by atoms with Crippen LogP contribution in [0.2, 0.25) is 0 Å². The van der Waals surface area contributed by atoms with Crippen molar-refractivity contribution in [3.05, 3.63) is 0 Å². The van der Waals surface area contributed by atoms with Crippen molar-refractivity contribution >= 4 is 5.91 Å². The summed E-state index contributed by atoms with van der Waals surface area (Å²) in [5.74, 6) is -0.763. The summed E-state index contributed by atoms with van der Waals surface area (Å²) in [5, 5.41) is 13.8. The van der Waals surface area contributed by atoms with Gasteiger partial charge in [-0.1, -0.05) is 0 Å². The summed E-state index contributed by atoms with van der Waals surface area (Å²) in [6.45, 7) is 1.70. The SMILES string of the molecule is CC1NCCC1C(=O)NCC(O)C(F)(F)F. The minimum atomic E-state index is -4.69. The maximum Gasteiger partial charge on any atom is 0.416 e. The first kappa shape index (κ1) is 13.2. The third-order valence-electron chi connectivity index (χ3n) is 2.71. The summed E-state index contributed by atoms with van der Waals surface area (Å²) in [6, 6.07) is -0.0389. The quantitative estimate of drug-likeness (QED) is 0.652. The van der Waals surface area contributed by atoms with Gasteiger partial charge in [0.15, 0.2) is 6.10 Å². The largest absolute Gasteiger partial charge is 0.416 e. The maximum absolute atomic E-state index is 11.9. The van der Waals surface area contributed by atoms with Gasteiger partial charge in [0.25, 0.3) is 0 Å². The van der Waals surface area contributed by atoms with Gasteiger partial charge >= 0.3 is 6.18 Å². The van der Waals surface area contributed by atoms with Crippen LogP contribution >= 0.6 is 0 Å². The summed E-state index contributed by atoms with van der Waals surface area (Å²) in [6.07, 6.45) is -6.58. The standard InChI is InChI=1S/C9H15F3N2O2/c1-5-6(2-3-13-5)8(16)14-4-7(15)9(10,11)12/h5-7,13,15H,2-4H2,1H3,(H,14,16). The molecule has 1 fully saturated rings. The van der Waals surface area contributed by atoms with Crippen LogP contribution in [0.5, 0.6) is 0 Å². The van der Waals surface area contributed by atoms with E-state index in [0.717, 1.165) is 0 Å². The molecule has 0 spiro atoms. The highest BCUT2D eigenvalue weighted by molar-refractivity contribution is 5.79. The van der Waals surface area contributed by atoms with Gasteiger partial charge in [-0.25, -0.2) is 0 Å². The Morgan fingerprint density at radius 1 is 1.62 bits per heavy atom. The average molecular weight is 240 g/mol. The van der Waals surface area contributed by atoms with Crippen LogP contribution < -0.4 is 10.6 Å². The summed E-state index contributed by atoms with van der Waals surface area (Å²) in [7, 11) is 0. The van der Waals surface area contributed by atoms with Crippen molar-refractivity contribution in [2.75, 3.05) is 13.1 Å². The monoisotopic (exact) mass is 240 g/mol. The number of nitrogens with one attached hydrogen (secondary N) is 2. The first-order valence-electron chi connectivity index (χ1n) is 5.08. The van der Waals surface area contributed by atoms with Crippen LogP contribution in [0.4, 0.5) is 13.2 Å². The second kappa shape index (κ2) is 5.01. The highest BCUT2D eigenvalue weighted by Crippen LogP contribution is 2.20. The molecule has 0 aromatic heterocycles. The predicted molar refractivity (Wildman–Crippen MR) is 50.6 cm³/mol. The zero-order valence-electron chi connectivity index (χ0n) is 8.84. The Kier molecular flexibility index (Phi) is 4.15. The lowest BCUT2D eigenvalue weighted by Gasteiger charge is -2.18. The summed E-state index contributed by atoms with van der Waals surface area (Å²) < 4.78 is 35.8. The van der Waals surface area contributed by atoms with Gasteiger partial charge in [-0.05, 0) is 19.9 Å². The Labute approximate surface area is 91.2 Å². The van der Waals surface area contributed by atoms with E-state index in [1.165, 1.54) is 0 Å². The van der Waals surface area contributed by atoms with Crippen LogP contribution in [0, 0.1) is 5.92 Å². The second-order valence-electron chi connectivity index (χ2n) is 3.94. The van der Waals surface area contributed by atoms with Gasteiger partial charge in [-0.2, -0.15) is 13.2 Å². The molecule has 0 saturated carbocycles. The van der Waals surface area contributed by atoms with Crippen molar-refractivity contribution in [3.63, 3.8) is 0 Å². The molecule has 1 aliphatic rings. The molecule has 3 atom stereocenters. The van der Waals surface area contributed by atoms with Gasteiger partial charge in [-0.3, -0.25) is 4.79 Å². The number of aliphatic hydroxyl groups excluding tert-OH is 1. The van der Waals surface area contributed by atoms with Crippen molar-refractivity contribution in [1.82, 2.24) is 10.6 Å². The van der Waals surface area contributed by atoms with E-state index in [-0.39, 0.29) is 12.0 Å². The zero-order chi connectivity index (χ0) is 12.3. The molecule has 1 amide bonds. The van der Waals surface area contributed by atoms with Gasteiger partial charge in [0.05, 0.1) is 12.5 Å². The molecular formula is C9H15F3N2O2. The number of hydrogen-bond donors (Lipinski definition) is 3. The number of alkyl halides is 3. The molecule has 1 saturated heterocycles. The van der Waals surface area contributed by atoms with E-state index in [2.05, 4.69) is 10.6 Å². The van der Waals surface area contributed by atoms with Gasteiger partial charge < -0.3 is 15.7 Å². The first-order valence-corrected chi connectivity index (χ1v) is 5.08. The smallest absolute Gasteiger partial charge is 0.382 e. The van der Waals surface area contributed by atoms with Crippen LogP contribution in [0.3, 0.4) is 0 Å². The van der Waals surface area contributed by atoms with Crippen LogP contribution in [-0.2, 0) is 4.79 Å². The fourth-order valence-corrected chi connectivity index (χ4v) is 1.66. The normalized spacial score (nSPS) is 27.8. The van der Waals surface area contributed by atoms with Gasteiger partial charge in [-0.15, -0.1) is 0 Å². The van der Waals surface area contributed by atoms with E-state index in [1.54, 1.807) is 6.92 Å². The van der Waals surface area contributed by atoms with E-state index in [0.29, 0.717) is 13.0 Å². The number of carbonyl (C=O) groups is 1. The van der Waals surface area contributed by atoms with Gasteiger partial charge in [0, 0.05) is 6.04 Å². The highest BCUT2D eigenvalue weighted by Gasteiger charge is 2.39. The zero-order valence-corrected chi connectivity index (χ0v) is 8.84. The fraction of sp³-hybridized carbons (Fsp3) is 0.889. The summed E-state index contributed by atoms with van der Waals surface area (Å²) in [5.41, 5.74) is 0. The molecule has 1 rings (SSSR count). The Bertz CT molecular complexity index is 258. The molecule has 1 heterocycles. The molecule has 4 nitrogen and oxygen atoms in total. The lowest BCUT2D eigenvalue weighted by molar-refractivity contribution is -0.202. The molecule has 3 unspecified atom stereocenters. The van der Waals surface area contributed by atoms with E-state index >= 15 is 0 Å². The topological polar surface area (TPSA) is 61.4 Å². The maximum atomic E-state index is 11.9. The fourth-order valence-electron chi connectivity index (χ4n) is 1.66. The Morgan fingerprint density at radius 3 is 2.69 bits per heavy atom. The number of amides is 1. The number of rotatable bonds is 3. The summed E-state index contributed by atoms with van der Waals surface area (Å²) >= 11 is 0. The predicted octanol–water partition coefficient (Wildman–Crippen LogP) is 0.0238. The van der Waals surface area contributed by atoms with E-state index < -0.39 is 24.7 Å². The van der Waals surface area contributed by atoms with Crippen molar-refractivity contribution in [1.29, 1.82) is 0 Å². The van der Waals surface area contributed by atoms with E-state index in [4.69, 9.17) is 5.11 Å². The molecule has 3 N–H and O–H groups in total. The van der Waals surface area contributed by atoms with Crippen LogP contribution in [0.1, 0.15) is 13.3 Å². The molecule has 0 bridgehead atoms. The van der Waals surface area contributed by atoms with Crippen LogP contribution in [0.25, 0.3) is 0 Å². The molecule has 0 radical (unpaired) electrons. The third-order valence-corrected chi connectivity index (χ3v) is 2.71. The number of aliphatic hydroxyl groups is 1. The van der Waals surface area contributed by atoms with Crippen molar-refractivity contribution < 1.29 is 23.1 Å². The third kappa shape index (κ3) is 3.34. The van der Waals surface area contributed by atoms with Gasteiger partial charge in [0.2, 0.25) is 5.91 Å². The molecule has 7 heteroatoms. The molecular weight excluding hydrogens is 225 g/mol. The lowest BCUT2D eigenvalue weighted by atomic mass is 10.0. The number of halogens is 3. The molecule has 0 aromatic rings. The molecule has 1 aliphatic heterocycles. The van der Waals surface area contributed by atoms with Crippen molar-refractivity contribution in [3.8, 4) is 0 Å². The van der Waals surface area contributed by atoms with Crippen molar-refractivity contribution in [2.45, 2.75) is 31.7 Å². The molecule has 16 heavy (non-hydrogen) atoms. The molecule has 0 aromatic carbocycles. The highest BCUT2D eigenvalue weighted by atomic mass is 19.4. The second-order valence-corrected chi connectivity index (χ2v) is 3.94. The van der Waals surface area contributed by atoms with E-state index in [1.807, 2.05) is 0 Å². The average Bonchev–Trinajstić information content (AvgIpc) is 2.58. The van der Waals surface area contributed by atoms with Crippen molar-refractivity contribution in [2.24, 2.45) is 5.92 Å². The summed E-state index contributed by atoms with van der Waals surface area (Å²) in [4.78, 5) is 11.5. The van der Waals surface area contributed by atoms with Gasteiger partial charge in [0.1, 0.15) is 0 Å². The molecule has 94 valence electrons. The Balaban J connectivity index is 2.35. The van der Waals surface area contributed by atoms with Crippen LogP contribution in [-0.4, -0.2) is 42.4 Å². The van der Waals surface area contributed by atoms with Crippen LogP contribution in [0.15, 0.2) is 0 Å². The Hall–Kier alpha value is -0.820. The number of carbonyl (C=O) groups excluding carboxylic acids is 1.